The first kappa shape index (κ1) is 22.5. The fourth-order valence-corrected chi connectivity index (χ4v) is 4.09. The van der Waals surface area contributed by atoms with Crippen molar-refractivity contribution < 1.29 is 14.4 Å². The van der Waals surface area contributed by atoms with Crippen LogP contribution in [0.3, 0.4) is 0 Å². The number of rotatable bonds is 8. The van der Waals surface area contributed by atoms with Gasteiger partial charge >= 0.3 is 6.03 Å². The smallest absolute Gasteiger partial charge is 0.323 e. The Kier molecular flexibility index (Phi) is 6.41. The molecule has 2 N–H and O–H groups in total. The van der Waals surface area contributed by atoms with Crippen molar-refractivity contribution in [2.24, 2.45) is 0 Å². The number of anilines is 1. The number of benzene rings is 2. The number of aromatic nitrogens is 3. The summed E-state index contributed by atoms with van der Waals surface area (Å²) < 4.78 is 1.48. The minimum atomic E-state index is -1.18. The molecule has 1 atom stereocenters. The van der Waals surface area contributed by atoms with E-state index in [1.807, 2.05) is 37.3 Å². The van der Waals surface area contributed by atoms with Gasteiger partial charge < -0.3 is 10.6 Å². The van der Waals surface area contributed by atoms with Crippen LogP contribution in [-0.4, -0.2) is 44.1 Å². The Morgan fingerprint density at radius 3 is 2.67 bits per heavy atom. The fourth-order valence-electron chi connectivity index (χ4n) is 3.92. The maximum atomic E-state index is 13.5. The summed E-state index contributed by atoms with van der Waals surface area (Å²) in [5, 5.41) is 10.1. The average molecular weight is 467 g/mol. The van der Waals surface area contributed by atoms with Crippen LogP contribution in [-0.2, 0) is 15.1 Å². The second-order valence-corrected chi connectivity index (χ2v) is 8.18. The molecule has 0 saturated carbocycles. The second-order valence-electron chi connectivity index (χ2n) is 7.75. The van der Waals surface area contributed by atoms with E-state index in [9.17, 15) is 14.4 Å². The Bertz CT molecular complexity index is 1170. The number of hydrogen-bond donors (Lipinski definition) is 2. The van der Waals surface area contributed by atoms with Crippen molar-refractivity contribution in [3.05, 3.63) is 71.8 Å². The largest absolute Gasteiger partial charge is 0.325 e. The predicted octanol–water partition coefficient (Wildman–Crippen LogP) is 3.50. The maximum Gasteiger partial charge on any atom is 0.325 e. The molecule has 0 bridgehead atoms. The summed E-state index contributed by atoms with van der Waals surface area (Å²) in [6, 6.07) is 13.4. The third-order valence-electron chi connectivity index (χ3n) is 5.55. The summed E-state index contributed by atoms with van der Waals surface area (Å²) in [6.45, 7) is 1.58. The van der Waals surface area contributed by atoms with Crippen LogP contribution in [0.1, 0.15) is 31.7 Å². The Balaban J connectivity index is 1.56. The monoisotopic (exact) mass is 466 g/mol. The standard InChI is InChI=1S/C23H23ClN6O3/c1-2-3-11-23(16-7-5-4-6-8-16)21(32)29(22(33)28-23)13-20(31)27-18-12-17(24)9-10-19(18)30-15-25-14-26-30/h4-10,12,14-15H,2-3,11,13H2,1H3,(H,27,31)(H,28,33)/t23-/m1/s1. The fraction of sp³-hybridized carbons (Fsp3) is 0.261. The van der Waals surface area contributed by atoms with Gasteiger partial charge in [-0.15, -0.1) is 0 Å². The number of hydrogen-bond acceptors (Lipinski definition) is 5. The molecule has 1 aliphatic heterocycles. The molecule has 1 aliphatic rings. The SMILES string of the molecule is CCCC[C@]1(c2ccccc2)NC(=O)N(CC(=O)Nc2cc(Cl)ccc2-n2cncn2)C1=O. The molecule has 1 aromatic heterocycles. The molecule has 33 heavy (non-hydrogen) atoms. The third kappa shape index (κ3) is 4.45. The lowest BCUT2D eigenvalue weighted by atomic mass is 9.85. The first-order valence-electron chi connectivity index (χ1n) is 10.6. The van der Waals surface area contributed by atoms with E-state index in [0.29, 0.717) is 28.4 Å². The van der Waals surface area contributed by atoms with E-state index in [4.69, 9.17) is 11.6 Å². The van der Waals surface area contributed by atoms with Crippen LogP contribution in [0.5, 0.6) is 0 Å². The minimum Gasteiger partial charge on any atom is -0.323 e. The van der Waals surface area contributed by atoms with Gasteiger partial charge in [0.1, 0.15) is 24.7 Å². The average Bonchev–Trinajstić information content (AvgIpc) is 3.42. The quantitative estimate of drug-likeness (QED) is 0.494. The first-order chi connectivity index (χ1) is 15.9. The van der Waals surface area contributed by atoms with Crippen LogP contribution in [0.2, 0.25) is 5.02 Å². The number of halogens is 1. The number of imide groups is 1. The van der Waals surface area contributed by atoms with E-state index >= 15 is 0 Å². The van der Waals surface area contributed by atoms with Gasteiger partial charge in [-0.3, -0.25) is 14.5 Å². The molecule has 1 fully saturated rings. The lowest BCUT2D eigenvalue weighted by molar-refractivity contribution is -0.134. The molecule has 10 heteroatoms. The molecule has 9 nitrogen and oxygen atoms in total. The number of unbranched alkanes of at least 4 members (excludes halogenated alkanes) is 1. The Morgan fingerprint density at radius 1 is 1.18 bits per heavy atom. The highest BCUT2D eigenvalue weighted by Crippen LogP contribution is 2.34. The van der Waals surface area contributed by atoms with Gasteiger partial charge in [-0.05, 0) is 30.2 Å². The van der Waals surface area contributed by atoms with Gasteiger partial charge in [0.15, 0.2) is 0 Å². The van der Waals surface area contributed by atoms with Crippen molar-refractivity contribution in [2.75, 3.05) is 11.9 Å². The van der Waals surface area contributed by atoms with Crippen LogP contribution in [0.15, 0.2) is 61.2 Å². The number of carbonyl (C=O) groups excluding carboxylic acids is 3. The molecule has 1 saturated heterocycles. The molecule has 170 valence electrons. The third-order valence-corrected chi connectivity index (χ3v) is 5.78. The lowest BCUT2D eigenvalue weighted by Gasteiger charge is -2.27. The van der Waals surface area contributed by atoms with Crippen molar-refractivity contribution in [1.29, 1.82) is 0 Å². The molecule has 0 radical (unpaired) electrons. The highest BCUT2D eigenvalue weighted by Gasteiger charge is 2.52. The van der Waals surface area contributed by atoms with Crippen LogP contribution in [0.4, 0.5) is 10.5 Å². The Hall–Kier alpha value is -3.72. The summed E-state index contributed by atoms with van der Waals surface area (Å²) in [5.74, 6) is -0.980. The van der Waals surface area contributed by atoms with Crippen LogP contribution in [0.25, 0.3) is 5.69 Å². The van der Waals surface area contributed by atoms with Gasteiger partial charge in [-0.2, -0.15) is 5.10 Å². The molecule has 0 spiro atoms. The summed E-state index contributed by atoms with van der Waals surface area (Å²) in [6.07, 6.45) is 4.90. The van der Waals surface area contributed by atoms with Gasteiger partial charge in [0.25, 0.3) is 5.91 Å². The molecule has 2 aromatic carbocycles. The van der Waals surface area contributed by atoms with Crippen molar-refractivity contribution in [3.8, 4) is 5.69 Å². The lowest BCUT2D eigenvalue weighted by Crippen LogP contribution is -2.44. The normalized spacial score (nSPS) is 17.8. The molecule has 4 amide bonds. The molecule has 2 heterocycles. The van der Waals surface area contributed by atoms with Gasteiger partial charge in [-0.1, -0.05) is 61.7 Å². The van der Waals surface area contributed by atoms with Gasteiger partial charge in [-0.25, -0.2) is 14.5 Å². The summed E-state index contributed by atoms with van der Waals surface area (Å²) in [5.41, 5.74) is 0.439. The Morgan fingerprint density at radius 2 is 1.97 bits per heavy atom. The molecule has 4 rings (SSSR count). The van der Waals surface area contributed by atoms with E-state index in [1.165, 1.54) is 17.3 Å². The molecular formula is C23H23ClN6O3. The maximum absolute atomic E-state index is 13.5. The number of nitrogens with one attached hydrogen (secondary N) is 2. The number of carbonyl (C=O) groups is 3. The summed E-state index contributed by atoms with van der Waals surface area (Å²) in [4.78, 5) is 44.0. The number of nitrogens with zero attached hydrogens (tertiary/aromatic N) is 4. The van der Waals surface area contributed by atoms with E-state index < -0.39 is 29.9 Å². The van der Waals surface area contributed by atoms with Gasteiger partial charge in [0.2, 0.25) is 5.91 Å². The van der Waals surface area contributed by atoms with E-state index in [1.54, 1.807) is 18.2 Å². The minimum absolute atomic E-state index is 0.380. The molecule has 3 aromatic rings. The number of urea groups is 1. The zero-order chi connectivity index (χ0) is 23.4. The van der Waals surface area contributed by atoms with Crippen LogP contribution in [0, 0.1) is 0 Å². The van der Waals surface area contributed by atoms with Crippen molar-refractivity contribution >= 4 is 35.1 Å². The second kappa shape index (κ2) is 9.41. The first-order valence-corrected chi connectivity index (χ1v) is 11.0. The molecular weight excluding hydrogens is 444 g/mol. The highest BCUT2D eigenvalue weighted by molar-refractivity contribution is 6.31. The zero-order valence-corrected chi connectivity index (χ0v) is 18.7. The van der Waals surface area contributed by atoms with Crippen molar-refractivity contribution in [2.45, 2.75) is 31.7 Å². The molecule has 0 unspecified atom stereocenters. The van der Waals surface area contributed by atoms with Crippen LogP contribution >= 0.6 is 11.6 Å². The van der Waals surface area contributed by atoms with Crippen LogP contribution < -0.4 is 10.6 Å². The van der Waals surface area contributed by atoms with Gasteiger partial charge in [0, 0.05) is 5.02 Å². The molecule has 0 aliphatic carbocycles. The predicted molar refractivity (Wildman–Crippen MR) is 123 cm³/mol. The van der Waals surface area contributed by atoms with E-state index in [2.05, 4.69) is 20.7 Å². The van der Waals surface area contributed by atoms with Gasteiger partial charge in [0.05, 0.1) is 11.4 Å². The topological polar surface area (TPSA) is 109 Å². The Labute approximate surface area is 195 Å². The zero-order valence-electron chi connectivity index (χ0n) is 18.0. The number of amides is 4. The highest BCUT2D eigenvalue weighted by atomic mass is 35.5. The van der Waals surface area contributed by atoms with E-state index in [-0.39, 0.29) is 0 Å². The summed E-state index contributed by atoms with van der Waals surface area (Å²) in [7, 11) is 0. The van der Waals surface area contributed by atoms with E-state index in [0.717, 1.165) is 17.7 Å². The van der Waals surface area contributed by atoms with Crippen molar-refractivity contribution in [1.82, 2.24) is 25.0 Å². The van der Waals surface area contributed by atoms with Crippen molar-refractivity contribution in [3.63, 3.8) is 0 Å². The summed E-state index contributed by atoms with van der Waals surface area (Å²) >= 11 is 6.11.